The Bertz CT molecular complexity index is 1050. The molecule has 0 radical (unpaired) electrons. The van der Waals surface area contributed by atoms with Crippen LogP contribution in [0.4, 0.5) is 11.4 Å². The summed E-state index contributed by atoms with van der Waals surface area (Å²) in [4.78, 5) is 23.6. The van der Waals surface area contributed by atoms with Gasteiger partial charge in [0.15, 0.2) is 6.61 Å². The fourth-order valence-corrected chi connectivity index (χ4v) is 4.84. The fourth-order valence-electron chi connectivity index (χ4n) is 3.24. The molecule has 3 rings (SSSR count). The standard InChI is InChI=1S/C21H25N3O5S/c1-15-12-19(30(27,28)24-10-3-4-11-24)8-9-20(15)29-14-21(26)23-18-7-5-6-17(13-18)22-16(2)25/h5-9,12-13H,3-4,10-11,14H2,1-2H3,(H,22,25)(H,23,26). The van der Waals surface area contributed by atoms with E-state index in [9.17, 15) is 18.0 Å². The molecule has 9 heteroatoms. The van der Waals surface area contributed by atoms with E-state index < -0.39 is 10.0 Å². The molecule has 1 aliphatic heterocycles. The fraction of sp³-hybridized carbons (Fsp3) is 0.333. The van der Waals surface area contributed by atoms with Crippen LogP contribution in [0.15, 0.2) is 47.4 Å². The van der Waals surface area contributed by atoms with Crippen molar-refractivity contribution in [2.24, 2.45) is 0 Å². The second-order valence-electron chi connectivity index (χ2n) is 7.14. The van der Waals surface area contributed by atoms with Crippen LogP contribution in [0.2, 0.25) is 0 Å². The average molecular weight is 432 g/mol. The zero-order chi connectivity index (χ0) is 21.7. The van der Waals surface area contributed by atoms with Crippen molar-refractivity contribution in [2.45, 2.75) is 31.6 Å². The lowest BCUT2D eigenvalue weighted by Crippen LogP contribution is -2.27. The van der Waals surface area contributed by atoms with E-state index in [1.807, 2.05) is 0 Å². The molecular formula is C21H25N3O5S. The van der Waals surface area contributed by atoms with Crippen molar-refractivity contribution in [3.63, 3.8) is 0 Å². The number of aryl methyl sites for hydroxylation is 1. The summed E-state index contributed by atoms with van der Waals surface area (Å²) >= 11 is 0. The maximum Gasteiger partial charge on any atom is 0.262 e. The number of carbonyl (C=O) groups excluding carboxylic acids is 2. The molecule has 8 nitrogen and oxygen atoms in total. The molecule has 0 atom stereocenters. The van der Waals surface area contributed by atoms with E-state index in [1.165, 1.54) is 17.3 Å². The number of carbonyl (C=O) groups is 2. The summed E-state index contributed by atoms with van der Waals surface area (Å²) in [6, 6.07) is 11.4. The average Bonchev–Trinajstić information content (AvgIpc) is 3.22. The van der Waals surface area contributed by atoms with Crippen LogP contribution in [-0.2, 0) is 19.6 Å². The largest absolute Gasteiger partial charge is 0.483 e. The second kappa shape index (κ2) is 9.27. The van der Waals surface area contributed by atoms with Crippen LogP contribution >= 0.6 is 0 Å². The highest BCUT2D eigenvalue weighted by molar-refractivity contribution is 7.89. The van der Waals surface area contributed by atoms with Crippen LogP contribution < -0.4 is 15.4 Å². The van der Waals surface area contributed by atoms with Gasteiger partial charge in [-0.1, -0.05) is 6.07 Å². The van der Waals surface area contributed by atoms with Crippen LogP contribution in [-0.4, -0.2) is 44.2 Å². The Balaban J connectivity index is 1.60. The number of ether oxygens (including phenoxy) is 1. The molecule has 2 aromatic rings. The minimum atomic E-state index is -3.49. The van der Waals surface area contributed by atoms with Crippen molar-refractivity contribution in [1.29, 1.82) is 0 Å². The zero-order valence-corrected chi connectivity index (χ0v) is 17.8. The molecule has 0 aromatic heterocycles. The van der Waals surface area contributed by atoms with Crippen molar-refractivity contribution < 1.29 is 22.7 Å². The van der Waals surface area contributed by atoms with Gasteiger partial charge in [0.05, 0.1) is 4.90 Å². The van der Waals surface area contributed by atoms with E-state index in [2.05, 4.69) is 10.6 Å². The van der Waals surface area contributed by atoms with Gasteiger partial charge >= 0.3 is 0 Å². The van der Waals surface area contributed by atoms with E-state index >= 15 is 0 Å². The Morgan fingerprint density at radius 3 is 2.33 bits per heavy atom. The molecule has 0 bridgehead atoms. The van der Waals surface area contributed by atoms with Crippen LogP contribution in [0.5, 0.6) is 5.75 Å². The van der Waals surface area contributed by atoms with Crippen LogP contribution in [0.1, 0.15) is 25.3 Å². The van der Waals surface area contributed by atoms with Crippen molar-refractivity contribution in [3.8, 4) is 5.75 Å². The highest BCUT2D eigenvalue weighted by atomic mass is 32.2. The van der Waals surface area contributed by atoms with E-state index in [0.29, 0.717) is 35.8 Å². The van der Waals surface area contributed by atoms with Gasteiger partial charge in [-0.2, -0.15) is 4.31 Å². The molecule has 0 saturated carbocycles. The highest BCUT2D eigenvalue weighted by Gasteiger charge is 2.27. The first-order valence-corrected chi connectivity index (χ1v) is 11.1. The molecule has 2 aromatic carbocycles. The van der Waals surface area contributed by atoms with Gasteiger partial charge in [0, 0.05) is 31.4 Å². The van der Waals surface area contributed by atoms with Crippen molar-refractivity contribution >= 4 is 33.2 Å². The Morgan fingerprint density at radius 2 is 1.70 bits per heavy atom. The van der Waals surface area contributed by atoms with Crippen molar-refractivity contribution in [3.05, 3.63) is 48.0 Å². The zero-order valence-electron chi connectivity index (χ0n) is 17.0. The smallest absolute Gasteiger partial charge is 0.262 e. The topological polar surface area (TPSA) is 105 Å². The number of benzene rings is 2. The molecule has 1 fully saturated rings. The van der Waals surface area contributed by atoms with Gasteiger partial charge in [-0.15, -0.1) is 0 Å². The number of anilines is 2. The first-order chi connectivity index (χ1) is 14.3. The monoisotopic (exact) mass is 431 g/mol. The molecule has 1 aliphatic rings. The minimum absolute atomic E-state index is 0.201. The van der Waals surface area contributed by atoms with Gasteiger partial charge in [-0.3, -0.25) is 9.59 Å². The van der Waals surface area contributed by atoms with Gasteiger partial charge in [0.25, 0.3) is 5.91 Å². The Hall–Kier alpha value is -2.91. The molecule has 0 unspecified atom stereocenters. The lowest BCUT2D eigenvalue weighted by atomic mass is 10.2. The third-order valence-electron chi connectivity index (χ3n) is 4.67. The predicted octanol–water partition coefficient (Wildman–Crippen LogP) is 2.76. The van der Waals surface area contributed by atoms with Gasteiger partial charge < -0.3 is 15.4 Å². The first-order valence-electron chi connectivity index (χ1n) is 9.67. The third kappa shape index (κ3) is 5.37. The van der Waals surface area contributed by atoms with Crippen LogP contribution in [0.3, 0.4) is 0 Å². The minimum Gasteiger partial charge on any atom is -0.483 e. The summed E-state index contributed by atoms with van der Waals surface area (Å²) < 4.78 is 32.4. The molecule has 0 aliphatic carbocycles. The summed E-state index contributed by atoms with van der Waals surface area (Å²) in [6.07, 6.45) is 1.75. The number of sulfonamides is 1. The SMILES string of the molecule is CC(=O)Nc1cccc(NC(=O)COc2ccc(S(=O)(=O)N3CCCC3)cc2C)c1. The number of nitrogens with one attached hydrogen (secondary N) is 2. The molecule has 160 valence electrons. The van der Waals surface area contributed by atoms with E-state index in [0.717, 1.165) is 12.8 Å². The van der Waals surface area contributed by atoms with Crippen LogP contribution in [0, 0.1) is 6.92 Å². The van der Waals surface area contributed by atoms with E-state index in [4.69, 9.17) is 4.74 Å². The normalized spacial score (nSPS) is 14.3. The number of hydrogen-bond acceptors (Lipinski definition) is 5. The summed E-state index contributed by atoms with van der Waals surface area (Å²) in [5, 5.41) is 5.35. The van der Waals surface area contributed by atoms with Gasteiger partial charge in [-0.25, -0.2) is 8.42 Å². The molecular weight excluding hydrogens is 406 g/mol. The lowest BCUT2D eigenvalue weighted by Gasteiger charge is -2.17. The predicted molar refractivity (Wildman–Crippen MR) is 114 cm³/mol. The Labute approximate surface area is 176 Å². The van der Waals surface area contributed by atoms with Gasteiger partial charge in [0.2, 0.25) is 15.9 Å². The molecule has 30 heavy (non-hydrogen) atoms. The molecule has 0 spiro atoms. The summed E-state index contributed by atoms with van der Waals surface area (Å²) in [6.45, 7) is 4.01. The summed E-state index contributed by atoms with van der Waals surface area (Å²) in [7, 11) is -3.49. The Kier molecular flexibility index (Phi) is 6.73. The van der Waals surface area contributed by atoms with E-state index in [1.54, 1.807) is 43.3 Å². The molecule has 1 saturated heterocycles. The Morgan fingerprint density at radius 1 is 1.03 bits per heavy atom. The van der Waals surface area contributed by atoms with Gasteiger partial charge in [-0.05, 0) is 61.7 Å². The number of nitrogens with zero attached hydrogens (tertiary/aromatic N) is 1. The summed E-state index contributed by atoms with van der Waals surface area (Å²) in [5.74, 6) is -0.131. The van der Waals surface area contributed by atoms with Crippen LogP contribution in [0.25, 0.3) is 0 Å². The maximum atomic E-state index is 12.7. The lowest BCUT2D eigenvalue weighted by molar-refractivity contribution is -0.118. The second-order valence-corrected chi connectivity index (χ2v) is 9.08. The van der Waals surface area contributed by atoms with E-state index in [-0.39, 0.29) is 23.3 Å². The first kappa shape index (κ1) is 21.8. The number of amides is 2. The molecule has 1 heterocycles. The van der Waals surface area contributed by atoms with Crippen molar-refractivity contribution in [2.75, 3.05) is 30.3 Å². The quantitative estimate of drug-likeness (QED) is 0.701. The number of hydrogen-bond donors (Lipinski definition) is 2. The maximum absolute atomic E-state index is 12.7. The molecule has 2 N–H and O–H groups in total. The third-order valence-corrected chi connectivity index (χ3v) is 6.57. The van der Waals surface area contributed by atoms with Crippen molar-refractivity contribution in [1.82, 2.24) is 4.31 Å². The highest BCUT2D eigenvalue weighted by Crippen LogP contribution is 2.26. The molecule has 2 amide bonds. The summed E-state index contributed by atoms with van der Waals surface area (Å²) in [5.41, 5.74) is 1.74. The number of rotatable bonds is 7. The van der Waals surface area contributed by atoms with Gasteiger partial charge in [0.1, 0.15) is 5.75 Å².